The van der Waals surface area contributed by atoms with Crippen molar-refractivity contribution in [2.24, 2.45) is 16.7 Å². The standard InChI is InChI=1S/C41H53NO14S/c1-20-23(53-35(49)30(46)28(24-15-12-16-57-24)42-36(50)56-37(3,4)5)18-41(51)33(54-34(48)22-13-10-9-11-14-22)31-39(8,32(47)29(45)27(20)38(41,6)7)25(44)17-26-40(31,19-52-26)55-21(2)43/h9-16,23,25-26,28-33,44-47,51H,17-19H2,1-8H3,(H,42,50)/t23-,25-,26+,28-,29+,30+,31-,32+,33-,39+,40-,41+/m0/s1. The third-order valence-electron chi connectivity index (χ3n) is 12.5. The van der Waals surface area contributed by atoms with Gasteiger partial charge in [0.25, 0.3) is 0 Å². The number of rotatable bonds is 8. The maximum atomic E-state index is 14.1. The van der Waals surface area contributed by atoms with Crippen LogP contribution in [0.1, 0.15) is 89.5 Å². The second-order valence-electron chi connectivity index (χ2n) is 17.4. The van der Waals surface area contributed by atoms with E-state index >= 15 is 0 Å². The van der Waals surface area contributed by atoms with Crippen LogP contribution < -0.4 is 5.32 Å². The number of alkyl carbamates (subject to hydrolysis) is 1. The van der Waals surface area contributed by atoms with Crippen LogP contribution in [0.3, 0.4) is 0 Å². The smallest absolute Gasteiger partial charge is 0.408 e. The van der Waals surface area contributed by atoms with Gasteiger partial charge in [0.05, 0.1) is 30.3 Å². The summed E-state index contributed by atoms with van der Waals surface area (Å²) in [6.07, 6.45) is -12.7. The van der Waals surface area contributed by atoms with Crippen molar-refractivity contribution in [3.8, 4) is 0 Å². The van der Waals surface area contributed by atoms with Gasteiger partial charge >= 0.3 is 24.0 Å². The summed E-state index contributed by atoms with van der Waals surface area (Å²) in [5.41, 5.74) is -7.87. The van der Waals surface area contributed by atoms with E-state index < -0.39 is 113 Å². The van der Waals surface area contributed by atoms with Gasteiger partial charge in [-0.3, -0.25) is 4.79 Å². The van der Waals surface area contributed by atoms with Crippen molar-refractivity contribution >= 4 is 35.3 Å². The Balaban J connectivity index is 1.48. The Hall–Kier alpha value is -3.90. The molecule has 2 aromatic rings. The number of carbonyl (C=O) groups excluding carboxylic acids is 4. The monoisotopic (exact) mass is 815 g/mol. The largest absolute Gasteiger partial charge is 0.456 e. The molecule has 16 heteroatoms. The zero-order chi connectivity index (χ0) is 42.0. The molecule has 1 aromatic heterocycles. The Labute approximate surface area is 334 Å². The van der Waals surface area contributed by atoms with E-state index in [0.29, 0.717) is 4.88 Å². The molecule has 0 radical (unpaired) electrons. The predicted molar refractivity (Wildman–Crippen MR) is 202 cm³/mol. The number of aliphatic hydroxyl groups is 5. The first kappa shape index (κ1) is 42.7. The molecule has 3 aliphatic carbocycles. The van der Waals surface area contributed by atoms with Crippen LogP contribution in [0, 0.1) is 16.7 Å². The van der Waals surface area contributed by atoms with Crippen molar-refractivity contribution in [2.45, 2.75) is 134 Å². The average Bonchev–Trinajstić information content (AvgIpc) is 3.66. The summed E-state index contributed by atoms with van der Waals surface area (Å²) in [4.78, 5) is 54.3. The minimum Gasteiger partial charge on any atom is -0.456 e. The first-order valence-corrected chi connectivity index (χ1v) is 19.8. The summed E-state index contributed by atoms with van der Waals surface area (Å²) < 4.78 is 29.6. The first-order chi connectivity index (χ1) is 26.5. The van der Waals surface area contributed by atoms with Crippen molar-refractivity contribution in [1.29, 1.82) is 0 Å². The van der Waals surface area contributed by atoms with E-state index in [4.69, 9.17) is 23.7 Å². The Bertz CT molecular complexity index is 1890. The Kier molecular flexibility index (Phi) is 11.3. The molecule has 1 saturated heterocycles. The van der Waals surface area contributed by atoms with Crippen LogP contribution in [-0.2, 0) is 33.3 Å². The number of benzene rings is 1. The highest BCUT2D eigenvalue weighted by Crippen LogP contribution is 2.65. The van der Waals surface area contributed by atoms with Crippen LogP contribution in [0.15, 0.2) is 59.0 Å². The molecule has 2 saturated carbocycles. The van der Waals surface area contributed by atoms with Crippen molar-refractivity contribution in [2.75, 3.05) is 6.61 Å². The average molecular weight is 816 g/mol. The number of nitrogens with one attached hydrogen (secondary N) is 1. The van der Waals surface area contributed by atoms with Gasteiger partial charge in [-0.15, -0.1) is 11.3 Å². The zero-order valence-corrected chi connectivity index (χ0v) is 34.1. The normalized spacial score (nSPS) is 35.4. The molecule has 4 aliphatic rings. The van der Waals surface area contributed by atoms with Crippen LogP contribution in [0.4, 0.5) is 4.79 Å². The Morgan fingerprint density at radius 2 is 1.67 bits per heavy atom. The molecule has 6 rings (SSSR count). The van der Waals surface area contributed by atoms with Gasteiger partial charge in [-0.25, -0.2) is 14.4 Å². The molecule has 12 atom stereocenters. The van der Waals surface area contributed by atoms with Gasteiger partial charge in [0, 0.05) is 35.5 Å². The lowest BCUT2D eigenvalue weighted by Gasteiger charge is -2.69. The molecular weight excluding hydrogens is 763 g/mol. The third-order valence-corrected chi connectivity index (χ3v) is 13.4. The summed E-state index contributed by atoms with van der Waals surface area (Å²) >= 11 is 1.16. The summed E-state index contributed by atoms with van der Waals surface area (Å²) in [7, 11) is 0. The minimum atomic E-state index is -2.30. The molecule has 15 nitrogen and oxygen atoms in total. The number of fused-ring (bicyclic) bond motifs is 5. The van der Waals surface area contributed by atoms with E-state index in [-0.39, 0.29) is 29.7 Å². The fourth-order valence-corrected chi connectivity index (χ4v) is 10.4. The van der Waals surface area contributed by atoms with Gasteiger partial charge in [0.1, 0.15) is 41.7 Å². The first-order valence-electron chi connectivity index (χ1n) is 19.0. The van der Waals surface area contributed by atoms with Crippen molar-refractivity contribution < 1.29 is 68.4 Å². The molecule has 1 aliphatic heterocycles. The van der Waals surface area contributed by atoms with Gasteiger partial charge in [-0.2, -0.15) is 0 Å². The van der Waals surface area contributed by atoms with E-state index in [1.165, 1.54) is 26.0 Å². The van der Waals surface area contributed by atoms with E-state index in [1.54, 1.807) is 77.3 Å². The summed E-state index contributed by atoms with van der Waals surface area (Å²) in [5.74, 6) is -4.25. The highest BCUT2D eigenvalue weighted by molar-refractivity contribution is 7.10. The number of aliphatic hydroxyl groups excluding tert-OH is 4. The predicted octanol–water partition coefficient (Wildman–Crippen LogP) is 3.11. The quantitative estimate of drug-likeness (QED) is 0.128. The van der Waals surface area contributed by atoms with Crippen molar-refractivity contribution in [1.82, 2.24) is 5.32 Å². The number of amides is 1. The second-order valence-corrected chi connectivity index (χ2v) is 18.4. The number of hydrogen-bond acceptors (Lipinski definition) is 15. The summed E-state index contributed by atoms with van der Waals surface area (Å²) in [6.45, 7) is 12.1. The lowest BCUT2D eigenvalue weighted by atomic mass is 9.44. The van der Waals surface area contributed by atoms with Crippen LogP contribution >= 0.6 is 11.3 Å². The lowest BCUT2D eigenvalue weighted by Crippen LogP contribution is -2.82. The van der Waals surface area contributed by atoms with Crippen LogP contribution in [0.2, 0.25) is 0 Å². The highest BCUT2D eigenvalue weighted by Gasteiger charge is 2.77. The van der Waals surface area contributed by atoms with Gasteiger partial charge in [-0.05, 0) is 62.4 Å². The van der Waals surface area contributed by atoms with Gasteiger partial charge in [0.2, 0.25) is 0 Å². The fraction of sp³-hybridized carbons (Fsp3) is 0.610. The maximum absolute atomic E-state index is 14.1. The third kappa shape index (κ3) is 7.16. The zero-order valence-electron chi connectivity index (χ0n) is 33.3. The molecule has 3 fully saturated rings. The summed E-state index contributed by atoms with van der Waals surface area (Å²) in [6, 6.07) is 9.89. The topological polar surface area (TPSA) is 228 Å². The lowest BCUT2D eigenvalue weighted by molar-refractivity contribution is -0.365. The highest BCUT2D eigenvalue weighted by atomic mass is 32.1. The molecule has 1 aromatic carbocycles. The Morgan fingerprint density at radius 1 is 1.00 bits per heavy atom. The van der Waals surface area contributed by atoms with E-state index in [0.717, 1.165) is 11.3 Å². The SMILES string of the molecule is CC(=O)O[C@@]12CO[C@@H]1C[C@H](O)[C@@]1(C)[C@H](O)[C@H](O)C3=C(C)[C@@H](OC(=O)[C@H](O)[C@@H](NC(=O)OC(C)(C)C)c4cccs4)C[C@@](O)([C@@H](OC(=O)c4ccccc4)[C@H]21)C3(C)C. The summed E-state index contributed by atoms with van der Waals surface area (Å²) in [5, 5.41) is 65.7. The Morgan fingerprint density at radius 3 is 2.23 bits per heavy atom. The molecule has 312 valence electrons. The number of esters is 3. The molecule has 1 amide bonds. The molecule has 0 unspecified atom stereocenters. The van der Waals surface area contributed by atoms with Crippen molar-refractivity contribution in [3.05, 3.63) is 69.4 Å². The van der Waals surface area contributed by atoms with Crippen molar-refractivity contribution in [3.63, 3.8) is 0 Å². The molecule has 57 heavy (non-hydrogen) atoms. The van der Waals surface area contributed by atoms with Gasteiger partial charge < -0.3 is 54.5 Å². The number of thiophene rings is 1. The molecule has 0 spiro atoms. The van der Waals surface area contributed by atoms with E-state index in [9.17, 15) is 44.7 Å². The fourth-order valence-electron chi connectivity index (χ4n) is 9.55. The maximum Gasteiger partial charge on any atom is 0.408 e. The van der Waals surface area contributed by atoms with Crippen LogP contribution in [0.5, 0.6) is 0 Å². The number of hydrogen-bond donors (Lipinski definition) is 6. The van der Waals surface area contributed by atoms with Gasteiger partial charge in [0.15, 0.2) is 11.7 Å². The van der Waals surface area contributed by atoms with Crippen LogP contribution in [-0.4, -0.2) is 116 Å². The molecule has 6 N–H and O–H groups in total. The van der Waals surface area contributed by atoms with E-state index in [2.05, 4.69) is 5.32 Å². The molecule has 2 heterocycles. The number of carbonyl (C=O) groups is 4. The van der Waals surface area contributed by atoms with Gasteiger partial charge in [-0.1, -0.05) is 45.0 Å². The minimum absolute atomic E-state index is 0.0406. The van der Waals surface area contributed by atoms with Crippen LogP contribution in [0.25, 0.3) is 0 Å². The van der Waals surface area contributed by atoms with E-state index in [1.807, 2.05) is 0 Å². The molecular formula is C41H53NO14S. The molecule has 2 bridgehead atoms. The second kappa shape index (κ2) is 15.0. The number of ether oxygens (including phenoxy) is 5.